The van der Waals surface area contributed by atoms with Crippen LogP contribution in [0.5, 0.6) is 0 Å². The first-order valence-electron chi connectivity index (χ1n) is 3.75. The summed E-state index contributed by atoms with van der Waals surface area (Å²) in [6.45, 7) is 0. The molecule has 5 heteroatoms. The summed E-state index contributed by atoms with van der Waals surface area (Å²) < 4.78 is 1.73. The number of carboxylic acids is 1. The van der Waals surface area contributed by atoms with E-state index in [1.165, 1.54) is 6.33 Å². The molecule has 0 unspecified atom stereocenters. The average Bonchev–Trinajstić information content (AvgIpc) is 2.75. The number of hydrogen-bond acceptors (Lipinski definition) is 3. The van der Waals surface area contributed by atoms with Crippen molar-refractivity contribution in [2.75, 3.05) is 5.73 Å². The van der Waals surface area contributed by atoms with Crippen LogP contribution in [-0.2, 0) is 0 Å². The minimum Gasteiger partial charge on any atom is -0.476 e. The topological polar surface area (TPSA) is 81.1 Å². The summed E-state index contributed by atoms with van der Waals surface area (Å²) in [5, 5.41) is 8.63. The Kier molecular flexibility index (Phi) is 1.33. The molecule has 1 aliphatic carbocycles. The highest BCUT2D eigenvalue weighted by Gasteiger charge is 2.27. The predicted molar refractivity (Wildman–Crippen MR) is 41.9 cm³/mol. The number of carboxylic acid groups (broad SMARTS) is 1. The van der Waals surface area contributed by atoms with Gasteiger partial charge in [0, 0.05) is 6.04 Å². The van der Waals surface area contributed by atoms with Gasteiger partial charge in [0.25, 0.3) is 0 Å². The van der Waals surface area contributed by atoms with Crippen molar-refractivity contribution in [3.05, 3.63) is 12.0 Å². The Labute approximate surface area is 68.8 Å². The molecule has 0 atom stereocenters. The lowest BCUT2D eigenvalue weighted by atomic mass is 10.4. The van der Waals surface area contributed by atoms with Crippen molar-refractivity contribution in [3.63, 3.8) is 0 Å². The number of rotatable bonds is 2. The van der Waals surface area contributed by atoms with Gasteiger partial charge in [0.05, 0.1) is 6.33 Å². The Morgan fingerprint density at radius 3 is 2.83 bits per heavy atom. The Balaban J connectivity index is 2.39. The van der Waals surface area contributed by atoms with E-state index < -0.39 is 5.97 Å². The number of aromatic nitrogens is 2. The van der Waals surface area contributed by atoms with Gasteiger partial charge in [-0.05, 0) is 12.8 Å². The zero-order valence-corrected chi connectivity index (χ0v) is 6.40. The van der Waals surface area contributed by atoms with Crippen molar-refractivity contribution in [1.29, 1.82) is 0 Å². The first kappa shape index (κ1) is 7.15. The second-order valence-corrected chi connectivity index (χ2v) is 2.92. The third-order valence-corrected chi connectivity index (χ3v) is 1.97. The molecule has 0 radical (unpaired) electrons. The number of nitrogens with two attached hydrogens (primary N) is 1. The van der Waals surface area contributed by atoms with Gasteiger partial charge in [-0.25, -0.2) is 9.78 Å². The maximum atomic E-state index is 10.5. The van der Waals surface area contributed by atoms with E-state index in [4.69, 9.17) is 10.8 Å². The van der Waals surface area contributed by atoms with E-state index in [0.717, 1.165) is 12.8 Å². The van der Waals surface area contributed by atoms with E-state index in [-0.39, 0.29) is 11.5 Å². The molecular weight excluding hydrogens is 158 g/mol. The first-order valence-corrected chi connectivity index (χ1v) is 3.75. The van der Waals surface area contributed by atoms with Crippen molar-refractivity contribution in [1.82, 2.24) is 9.55 Å². The van der Waals surface area contributed by atoms with E-state index >= 15 is 0 Å². The summed E-state index contributed by atoms with van der Waals surface area (Å²) in [5.41, 5.74) is 5.52. The second kappa shape index (κ2) is 2.23. The minimum absolute atomic E-state index is 0.0399. The highest BCUT2D eigenvalue weighted by Crippen LogP contribution is 2.37. The normalized spacial score (nSPS) is 16.3. The number of aromatic carboxylic acids is 1. The molecule has 1 aromatic heterocycles. The van der Waals surface area contributed by atoms with Crippen LogP contribution < -0.4 is 5.73 Å². The van der Waals surface area contributed by atoms with E-state index in [1.54, 1.807) is 4.57 Å². The van der Waals surface area contributed by atoms with Crippen LogP contribution in [0, 0.1) is 0 Å². The van der Waals surface area contributed by atoms with Crippen LogP contribution in [-0.4, -0.2) is 20.6 Å². The molecule has 0 saturated heterocycles. The molecule has 0 amide bonds. The molecule has 1 saturated carbocycles. The van der Waals surface area contributed by atoms with Crippen LogP contribution in [0.1, 0.15) is 29.4 Å². The smallest absolute Gasteiger partial charge is 0.358 e. The fraction of sp³-hybridized carbons (Fsp3) is 0.429. The third kappa shape index (κ3) is 0.939. The van der Waals surface area contributed by atoms with Gasteiger partial charge in [-0.3, -0.25) is 0 Å². The van der Waals surface area contributed by atoms with Gasteiger partial charge < -0.3 is 15.4 Å². The standard InChI is InChI=1S/C7H9N3O2/c8-6-5(7(11)12)9-3-10(6)4-1-2-4/h3-4H,1-2,8H2,(H,11,12). The summed E-state index contributed by atoms with van der Waals surface area (Å²) in [4.78, 5) is 14.2. The van der Waals surface area contributed by atoms with E-state index in [9.17, 15) is 4.79 Å². The van der Waals surface area contributed by atoms with Gasteiger partial charge in [0.15, 0.2) is 5.69 Å². The highest BCUT2D eigenvalue weighted by molar-refractivity contribution is 5.90. The number of nitrogens with zero attached hydrogens (tertiary/aromatic N) is 2. The first-order chi connectivity index (χ1) is 5.70. The van der Waals surface area contributed by atoms with Crippen LogP contribution in [0.3, 0.4) is 0 Å². The maximum Gasteiger partial charge on any atom is 0.358 e. The summed E-state index contributed by atoms with van der Waals surface area (Å²) in [5.74, 6) is -0.795. The molecule has 1 aliphatic rings. The molecule has 3 N–H and O–H groups in total. The van der Waals surface area contributed by atoms with Crippen LogP contribution in [0.2, 0.25) is 0 Å². The van der Waals surface area contributed by atoms with Gasteiger partial charge in [-0.2, -0.15) is 0 Å². The zero-order valence-electron chi connectivity index (χ0n) is 6.40. The molecular formula is C7H9N3O2. The van der Waals surface area contributed by atoms with Crippen molar-refractivity contribution >= 4 is 11.8 Å². The Bertz CT molecular complexity index is 327. The molecule has 5 nitrogen and oxygen atoms in total. The van der Waals surface area contributed by atoms with E-state index in [2.05, 4.69) is 4.98 Å². The largest absolute Gasteiger partial charge is 0.476 e. The fourth-order valence-electron chi connectivity index (χ4n) is 1.18. The van der Waals surface area contributed by atoms with E-state index in [0.29, 0.717) is 6.04 Å². The average molecular weight is 167 g/mol. The van der Waals surface area contributed by atoms with Crippen molar-refractivity contribution in [2.45, 2.75) is 18.9 Å². The van der Waals surface area contributed by atoms with Crippen molar-refractivity contribution in [3.8, 4) is 0 Å². The molecule has 64 valence electrons. The second-order valence-electron chi connectivity index (χ2n) is 2.92. The van der Waals surface area contributed by atoms with Crippen LogP contribution in [0.15, 0.2) is 6.33 Å². The summed E-state index contributed by atoms with van der Waals surface area (Å²) in [6.07, 6.45) is 3.63. The molecule has 1 heterocycles. The quantitative estimate of drug-likeness (QED) is 0.672. The van der Waals surface area contributed by atoms with Gasteiger partial charge in [0.1, 0.15) is 5.82 Å². The number of hydrogen-bond donors (Lipinski definition) is 2. The number of carbonyl (C=O) groups is 1. The van der Waals surface area contributed by atoms with Crippen molar-refractivity contribution < 1.29 is 9.90 Å². The van der Waals surface area contributed by atoms with Gasteiger partial charge in [0.2, 0.25) is 0 Å². The molecule has 12 heavy (non-hydrogen) atoms. The molecule has 1 aromatic rings. The number of nitrogen functional groups attached to an aromatic ring is 1. The summed E-state index contributed by atoms with van der Waals surface area (Å²) in [6, 6.07) is 0.380. The van der Waals surface area contributed by atoms with Crippen LogP contribution in [0.25, 0.3) is 0 Å². The zero-order chi connectivity index (χ0) is 8.72. The predicted octanol–water partition coefficient (Wildman–Crippen LogP) is 0.498. The van der Waals surface area contributed by atoms with E-state index in [1.807, 2.05) is 0 Å². The molecule has 0 bridgehead atoms. The summed E-state index contributed by atoms with van der Waals surface area (Å²) >= 11 is 0. The van der Waals surface area contributed by atoms with Gasteiger partial charge in [-0.1, -0.05) is 0 Å². The highest BCUT2D eigenvalue weighted by atomic mass is 16.4. The van der Waals surface area contributed by atoms with Gasteiger partial charge in [-0.15, -0.1) is 0 Å². The molecule has 0 spiro atoms. The third-order valence-electron chi connectivity index (χ3n) is 1.97. The Morgan fingerprint density at radius 2 is 2.42 bits per heavy atom. The van der Waals surface area contributed by atoms with Crippen LogP contribution in [0.4, 0.5) is 5.82 Å². The molecule has 2 rings (SSSR count). The van der Waals surface area contributed by atoms with Gasteiger partial charge >= 0.3 is 5.97 Å². The van der Waals surface area contributed by atoms with Crippen LogP contribution >= 0.6 is 0 Å². The number of imidazole rings is 1. The fourth-order valence-corrected chi connectivity index (χ4v) is 1.18. The maximum absolute atomic E-state index is 10.5. The Morgan fingerprint density at radius 1 is 1.75 bits per heavy atom. The van der Waals surface area contributed by atoms with Crippen molar-refractivity contribution in [2.24, 2.45) is 0 Å². The molecule has 1 fully saturated rings. The molecule has 0 aliphatic heterocycles. The SMILES string of the molecule is Nc1c(C(=O)O)ncn1C1CC1. The lowest BCUT2D eigenvalue weighted by Crippen LogP contribution is -2.05. The minimum atomic E-state index is -1.06. The summed E-state index contributed by atoms with van der Waals surface area (Å²) in [7, 11) is 0. The molecule has 0 aromatic carbocycles. The lowest BCUT2D eigenvalue weighted by Gasteiger charge is -2.00. The monoisotopic (exact) mass is 167 g/mol. The lowest BCUT2D eigenvalue weighted by molar-refractivity contribution is 0.0692. The Hall–Kier alpha value is -1.52. The number of anilines is 1.